The lowest BCUT2D eigenvalue weighted by Gasteiger charge is -2.42. The molecule has 10 nitrogen and oxygen atoms in total. The van der Waals surface area contributed by atoms with Gasteiger partial charge < -0.3 is 37.6 Å². The molecule has 5 unspecified atom stereocenters. The molecule has 4 rings (SSSR count). The van der Waals surface area contributed by atoms with Crippen molar-refractivity contribution in [2.24, 2.45) is 17.3 Å². The smallest absolute Gasteiger partial charge is 0.342 e. The number of unbranched alkanes of at least 4 members (excludes halogenated alkanes) is 1. The van der Waals surface area contributed by atoms with E-state index in [4.69, 9.17) is 37.6 Å². The Balaban J connectivity index is 1.44. The second kappa shape index (κ2) is 20.0. The number of rotatable bonds is 17. The van der Waals surface area contributed by atoms with Gasteiger partial charge in [-0.3, -0.25) is 4.79 Å². The predicted octanol–water partition coefficient (Wildman–Crippen LogP) is 6.90. The molecule has 0 N–H and O–H groups in total. The lowest BCUT2D eigenvalue weighted by atomic mass is 9.75. The van der Waals surface area contributed by atoms with Crippen molar-refractivity contribution in [3.05, 3.63) is 12.2 Å². The third-order valence-corrected chi connectivity index (χ3v) is 10.6. The Labute approximate surface area is 290 Å². The monoisotopic (exact) mass is 695 g/mol. The molecule has 3 saturated heterocycles. The molecule has 275 valence electrons. The summed E-state index contributed by atoms with van der Waals surface area (Å²) in [6.07, 6.45) is 14.0. The van der Waals surface area contributed by atoms with E-state index in [1.165, 1.54) is 7.11 Å². The molecule has 3 aliphatic heterocycles. The van der Waals surface area contributed by atoms with E-state index in [1.807, 2.05) is 0 Å². The maximum atomic E-state index is 13.0. The summed E-state index contributed by atoms with van der Waals surface area (Å²) in [4.78, 5) is 25.4. The highest BCUT2D eigenvalue weighted by molar-refractivity contribution is 6.48. The number of esters is 1. The number of methoxy groups -OCH3 is 1. The average Bonchev–Trinajstić information content (AvgIpc) is 3.39. The van der Waals surface area contributed by atoms with Crippen molar-refractivity contribution in [3.8, 4) is 0 Å². The number of hydrogen-bond acceptors (Lipinski definition) is 10. The fourth-order valence-corrected chi connectivity index (χ4v) is 8.48. The molecule has 4 aliphatic rings. The van der Waals surface area contributed by atoms with Crippen LogP contribution < -0.4 is 0 Å². The zero-order chi connectivity index (χ0) is 34.5. The Kier molecular flexibility index (Phi) is 16.5. The molecule has 3 heterocycles. The molecule has 0 aromatic carbocycles. The number of carbonyl (C=O) groups excluding carboxylic acids is 2. The number of carbonyl (C=O) groups is 2. The van der Waals surface area contributed by atoms with Crippen LogP contribution in [0.25, 0.3) is 0 Å². The van der Waals surface area contributed by atoms with Gasteiger partial charge in [0.2, 0.25) is 15.1 Å². The lowest BCUT2D eigenvalue weighted by Crippen LogP contribution is -2.47. The van der Waals surface area contributed by atoms with Crippen LogP contribution in [0.15, 0.2) is 12.2 Å². The molecule has 48 heavy (non-hydrogen) atoms. The first kappa shape index (κ1) is 39.6. The van der Waals surface area contributed by atoms with Gasteiger partial charge in [-0.2, -0.15) is 0 Å². The van der Waals surface area contributed by atoms with Gasteiger partial charge in [-0.15, -0.1) is 0 Å². The van der Waals surface area contributed by atoms with Crippen molar-refractivity contribution in [1.29, 1.82) is 0 Å². The van der Waals surface area contributed by atoms with E-state index in [1.54, 1.807) is 0 Å². The van der Waals surface area contributed by atoms with Crippen LogP contribution >= 0.6 is 0 Å². The molecule has 0 amide bonds. The van der Waals surface area contributed by atoms with Crippen LogP contribution in [-0.2, 0) is 47.2 Å². The van der Waals surface area contributed by atoms with E-state index in [0.29, 0.717) is 25.9 Å². The van der Waals surface area contributed by atoms with Crippen molar-refractivity contribution < 1.29 is 47.2 Å². The molecule has 1 aliphatic carbocycles. The third-order valence-electron chi connectivity index (χ3n) is 9.86. The Bertz CT molecular complexity index is 981. The summed E-state index contributed by atoms with van der Waals surface area (Å²) >= 11 is 0. The van der Waals surface area contributed by atoms with Gasteiger partial charge in [0.25, 0.3) is 0 Å². The van der Waals surface area contributed by atoms with E-state index in [9.17, 15) is 9.59 Å². The summed E-state index contributed by atoms with van der Waals surface area (Å²) in [6.45, 7) is 13.3. The van der Waals surface area contributed by atoms with Crippen LogP contribution in [0.1, 0.15) is 111 Å². The third kappa shape index (κ3) is 12.2. The Morgan fingerprint density at radius 3 is 1.94 bits per heavy atom. The fourth-order valence-electron chi connectivity index (χ4n) is 7.47. The molecule has 0 spiro atoms. The Morgan fingerprint density at radius 1 is 0.833 bits per heavy atom. The molecule has 0 bridgehead atoms. The normalized spacial score (nSPS) is 31.6. The topological polar surface area (TPSA) is 108 Å². The summed E-state index contributed by atoms with van der Waals surface area (Å²) < 4.78 is 48.8. The number of ketones is 1. The largest absolute Gasteiger partial charge is 0.467 e. The van der Waals surface area contributed by atoms with Crippen LogP contribution in [0.2, 0.25) is 13.1 Å². The minimum absolute atomic E-state index is 0.00438. The quantitative estimate of drug-likeness (QED) is 0.0524. The van der Waals surface area contributed by atoms with Crippen molar-refractivity contribution in [1.82, 2.24) is 0 Å². The fraction of sp³-hybridized carbons (Fsp3) is 0.892. The van der Waals surface area contributed by atoms with Crippen LogP contribution in [-0.4, -0.2) is 91.0 Å². The van der Waals surface area contributed by atoms with E-state index >= 15 is 0 Å². The van der Waals surface area contributed by atoms with Gasteiger partial charge in [0.05, 0.1) is 25.4 Å². The van der Waals surface area contributed by atoms with Crippen molar-refractivity contribution in [2.45, 2.75) is 167 Å². The summed E-state index contributed by atoms with van der Waals surface area (Å²) in [5.74, 6) is -0.650. The first-order chi connectivity index (χ1) is 23.1. The van der Waals surface area contributed by atoms with E-state index in [-0.39, 0.29) is 60.3 Å². The number of hydrogen-bond donors (Lipinski definition) is 0. The molecule has 9 atom stereocenters. The molecule has 1 radical (unpaired) electrons. The zero-order valence-corrected chi connectivity index (χ0v) is 31.5. The maximum absolute atomic E-state index is 13.0. The first-order valence-electron chi connectivity index (χ1n) is 18.6. The summed E-state index contributed by atoms with van der Waals surface area (Å²) in [7, 11) is 0.285. The highest BCUT2D eigenvalue weighted by atomic mass is 28.3. The predicted molar refractivity (Wildman–Crippen MR) is 183 cm³/mol. The van der Waals surface area contributed by atoms with Crippen molar-refractivity contribution in [2.75, 3.05) is 26.9 Å². The van der Waals surface area contributed by atoms with E-state index in [2.05, 4.69) is 46.0 Å². The number of ether oxygens (including phenoxy) is 7. The van der Waals surface area contributed by atoms with E-state index < -0.39 is 27.4 Å². The summed E-state index contributed by atoms with van der Waals surface area (Å²) in [5, 5.41) is 0. The molecular weight excluding hydrogens is 632 g/mol. The summed E-state index contributed by atoms with van der Waals surface area (Å²) in [5.41, 5.74) is -0.0961. The maximum Gasteiger partial charge on any atom is 0.342 e. The van der Waals surface area contributed by atoms with Crippen LogP contribution in [0.5, 0.6) is 0 Å². The van der Waals surface area contributed by atoms with Gasteiger partial charge in [-0.05, 0) is 101 Å². The standard InChI is InChI=1S/C37H63O10Si/c1-37(2,3)35(47-48(5)6)33-26(28(44-30-19-11-14-22-41-30)25-29(33)45-31-20-12-15-23-42-31)17-9-7-8-10-18-27(38)34(36(39)40-4)46-32-21-13-16-24-43-32/h7,9,26,28-35H,8,10-25H2,1-6H3/b9-7-/t26-,28-,29+,30?,31?,32?,33-,34?,35?/m0/s1. The molecule has 0 aromatic heterocycles. The van der Waals surface area contributed by atoms with Crippen molar-refractivity contribution in [3.63, 3.8) is 0 Å². The van der Waals surface area contributed by atoms with Gasteiger partial charge >= 0.3 is 5.97 Å². The average molecular weight is 696 g/mol. The first-order valence-corrected chi connectivity index (χ1v) is 21.0. The molecule has 1 saturated carbocycles. The van der Waals surface area contributed by atoms with Gasteiger partial charge in [0, 0.05) is 38.6 Å². The molecular formula is C37H63O10Si. The molecule has 0 aromatic rings. The number of allylic oxidation sites excluding steroid dienone is 2. The highest BCUT2D eigenvalue weighted by Gasteiger charge is 2.52. The number of Topliss-reactive ketones (excluding diaryl/α,β-unsaturated/α-hetero) is 1. The highest BCUT2D eigenvalue weighted by Crippen LogP contribution is 2.47. The van der Waals surface area contributed by atoms with Gasteiger partial charge in [-0.25, -0.2) is 4.79 Å². The minimum atomic E-state index is -1.25. The Hall–Kier alpha value is -1.18. The van der Waals surface area contributed by atoms with Crippen molar-refractivity contribution >= 4 is 20.8 Å². The van der Waals surface area contributed by atoms with Crippen LogP contribution in [0, 0.1) is 17.3 Å². The van der Waals surface area contributed by atoms with Gasteiger partial charge in [0.15, 0.2) is 24.7 Å². The van der Waals surface area contributed by atoms with Gasteiger partial charge in [-0.1, -0.05) is 32.9 Å². The van der Waals surface area contributed by atoms with Crippen LogP contribution in [0.3, 0.4) is 0 Å². The summed E-state index contributed by atoms with van der Waals surface area (Å²) in [6, 6.07) is 0. The zero-order valence-electron chi connectivity index (χ0n) is 30.5. The second-order valence-corrected chi connectivity index (χ2v) is 17.2. The molecule has 4 fully saturated rings. The minimum Gasteiger partial charge on any atom is -0.467 e. The van der Waals surface area contributed by atoms with Gasteiger partial charge in [0.1, 0.15) is 0 Å². The lowest BCUT2D eigenvalue weighted by molar-refractivity contribution is -0.207. The van der Waals surface area contributed by atoms with Crippen LogP contribution in [0.4, 0.5) is 0 Å². The Morgan fingerprint density at radius 2 is 1.42 bits per heavy atom. The van der Waals surface area contributed by atoms with E-state index in [0.717, 1.165) is 77.4 Å². The second-order valence-electron chi connectivity index (χ2n) is 15.1. The molecule has 11 heteroatoms. The SMILES string of the molecule is COC(=O)C(OC1CCCCO1)C(=O)CCC/C=C\C[C@@H]1[C@H](C(O[Si](C)C)C(C)(C)C)[C@H](OC2CCCCO2)C[C@@H]1OC1CCCCO1.